The molecule has 92 valence electrons. The molecule has 1 heterocycles. The van der Waals surface area contributed by atoms with Crippen LogP contribution in [0.2, 0.25) is 0 Å². The lowest BCUT2D eigenvalue weighted by Gasteiger charge is -2.24. The van der Waals surface area contributed by atoms with Crippen LogP contribution in [0.15, 0.2) is 12.2 Å². The predicted octanol–water partition coefficient (Wildman–Crippen LogP) is 2.04. The molecular weight excluding hydrogens is 208 g/mol. The summed E-state index contributed by atoms with van der Waals surface area (Å²) in [5.74, 6) is -0.309. The van der Waals surface area contributed by atoms with Crippen LogP contribution in [0.5, 0.6) is 0 Å². The largest absolute Gasteiger partial charge is 0.464 e. The van der Waals surface area contributed by atoms with Gasteiger partial charge in [0.1, 0.15) is 0 Å². The maximum atomic E-state index is 11.4. The zero-order valence-corrected chi connectivity index (χ0v) is 9.98. The Bertz CT molecular complexity index is 237. The van der Waals surface area contributed by atoms with Gasteiger partial charge in [0.15, 0.2) is 12.4 Å². The summed E-state index contributed by atoms with van der Waals surface area (Å²) < 4.78 is 15.8. The van der Waals surface area contributed by atoms with Gasteiger partial charge in [-0.15, -0.1) is 0 Å². The molecule has 0 bridgehead atoms. The minimum absolute atomic E-state index is 0.309. The molecule has 0 N–H and O–H groups in total. The first-order chi connectivity index (χ1) is 7.77. The van der Waals surface area contributed by atoms with Crippen molar-refractivity contribution in [1.29, 1.82) is 0 Å². The van der Waals surface area contributed by atoms with Crippen LogP contribution < -0.4 is 0 Å². The van der Waals surface area contributed by atoms with E-state index in [1.165, 1.54) is 0 Å². The molecule has 0 spiro atoms. The van der Waals surface area contributed by atoms with E-state index in [0.29, 0.717) is 19.6 Å². The van der Waals surface area contributed by atoms with Crippen molar-refractivity contribution in [2.24, 2.45) is 0 Å². The monoisotopic (exact) mass is 228 g/mol. The van der Waals surface area contributed by atoms with Crippen LogP contribution in [0.4, 0.5) is 0 Å². The minimum atomic E-state index is -0.517. The van der Waals surface area contributed by atoms with Gasteiger partial charge in [0.2, 0.25) is 0 Å². The number of carbonyl (C=O) groups excluding carboxylic acids is 1. The molecule has 0 aliphatic carbocycles. The van der Waals surface area contributed by atoms with Crippen molar-refractivity contribution < 1.29 is 19.0 Å². The highest BCUT2D eigenvalue weighted by molar-refractivity contribution is 5.75. The zero-order chi connectivity index (χ0) is 11.8. The van der Waals surface area contributed by atoms with Gasteiger partial charge in [-0.3, -0.25) is 0 Å². The fraction of sp³-hybridized carbons (Fsp3) is 0.750. The molecule has 4 nitrogen and oxygen atoms in total. The van der Waals surface area contributed by atoms with Crippen LogP contribution in [-0.2, 0) is 19.0 Å². The van der Waals surface area contributed by atoms with E-state index in [1.54, 1.807) is 6.92 Å². The number of rotatable bonds is 6. The molecule has 4 heteroatoms. The topological polar surface area (TPSA) is 44.8 Å². The molecule has 16 heavy (non-hydrogen) atoms. The van der Waals surface area contributed by atoms with E-state index in [-0.39, 0.29) is 5.97 Å². The van der Waals surface area contributed by atoms with E-state index < -0.39 is 12.4 Å². The lowest BCUT2D eigenvalue weighted by Crippen LogP contribution is -2.33. The van der Waals surface area contributed by atoms with E-state index in [4.69, 9.17) is 14.2 Å². The quantitative estimate of drug-likeness (QED) is 0.396. The number of hydrogen-bond acceptors (Lipinski definition) is 4. The summed E-state index contributed by atoms with van der Waals surface area (Å²) >= 11 is 0. The summed E-state index contributed by atoms with van der Waals surface area (Å²) in [5, 5.41) is 0. The molecule has 1 aliphatic heterocycles. The van der Waals surface area contributed by atoms with Gasteiger partial charge < -0.3 is 14.2 Å². The molecule has 0 fully saturated rings. The molecule has 0 amide bonds. The van der Waals surface area contributed by atoms with E-state index in [2.05, 4.69) is 6.92 Å². The molecule has 0 aromatic rings. The zero-order valence-electron chi connectivity index (χ0n) is 9.98. The Morgan fingerprint density at radius 1 is 1.50 bits per heavy atom. The maximum Gasteiger partial charge on any atom is 0.335 e. The first-order valence-corrected chi connectivity index (χ1v) is 5.88. The minimum Gasteiger partial charge on any atom is -0.464 e. The van der Waals surface area contributed by atoms with Crippen LogP contribution in [0, 0.1) is 0 Å². The van der Waals surface area contributed by atoms with Gasteiger partial charge in [0.05, 0.1) is 13.2 Å². The summed E-state index contributed by atoms with van der Waals surface area (Å²) in [6.45, 7) is 4.92. The van der Waals surface area contributed by atoms with Crippen LogP contribution in [0.3, 0.4) is 0 Å². The standard InChI is InChI=1S/C12H20O4/c1-3-5-9-15-11-8-6-7-10(16-11)12(13)14-4-2/h6,8,10-11H,3-5,7,9H2,1-2H3. The number of ether oxygens (including phenoxy) is 3. The van der Waals surface area contributed by atoms with Crippen LogP contribution in [0.25, 0.3) is 0 Å². The number of carbonyl (C=O) groups is 1. The van der Waals surface area contributed by atoms with Crippen LogP contribution in [-0.4, -0.2) is 31.6 Å². The van der Waals surface area contributed by atoms with Gasteiger partial charge in [-0.05, 0) is 19.4 Å². The van der Waals surface area contributed by atoms with E-state index in [9.17, 15) is 4.79 Å². The van der Waals surface area contributed by atoms with Crippen molar-refractivity contribution in [3.63, 3.8) is 0 Å². The van der Waals surface area contributed by atoms with Crippen molar-refractivity contribution in [2.45, 2.75) is 45.5 Å². The molecule has 2 unspecified atom stereocenters. The van der Waals surface area contributed by atoms with Crippen LogP contribution >= 0.6 is 0 Å². The van der Waals surface area contributed by atoms with E-state index >= 15 is 0 Å². The summed E-state index contributed by atoms with van der Waals surface area (Å²) in [4.78, 5) is 11.4. The SMILES string of the molecule is CCCCOC1C=CCC(C(=O)OCC)O1. The van der Waals surface area contributed by atoms with Crippen molar-refractivity contribution in [3.05, 3.63) is 12.2 Å². The maximum absolute atomic E-state index is 11.4. The van der Waals surface area contributed by atoms with Crippen molar-refractivity contribution in [1.82, 2.24) is 0 Å². The Morgan fingerprint density at radius 2 is 2.31 bits per heavy atom. The second kappa shape index (κ2) is 7.41. The van der Waals surface area contributed by atoms with Gasteiger partial charge in [0.25, 0.3) is 0 Å². The fourth-order valence-corrected chi connectivity index (χ4v) is 1.40. The first kappa shape index (κ1) is 13.2. The van der Waals surface area contributed by atoms with Gasteiger partial charge in [-0.25, -0.2) is 4.79 Å². The summed E-state index contributed by atoms with van der Waals surface area (Å²) in [5.41, 5.74) is 0. The summed E-state index contributed by atoms with van der Waals surface area (Å²) in [7, 11) is 0. The number of hydrogen-bond donors (Lipinski definition) is 0. The van der Waals surface area contributed by atoms with Crippen molar-refractivity contribution in [2.75, 3.05) is 13.2 Å². The smallest absolute Gasteiger partial charge is 0.335 e. The lowest BCUT2D eigenvalue weighted by atomic mass is 10.2. The number of esters is 1. The van der Waals surface area contributed by atoms with Crippen molar-refractivity contribution >= 4 is 5.97 Å². The molecular formula is C12H20O4. The third-order valence-corrected chi connectivity index (χ3v) is 2.27. The Balaban J connectivity index is 2.32. The van der Waals surface area contributed by atoms with Gasteiger partial charge in [-0.1, -0.05) is 19.4 Å². The number of unbranched alkanes of at least 4 members (excludes halogenated alkanes) is 1. The third-order valence-electron chi connectivity index (χ3n) is 2.27. The molecule has 2 atom stereocenters. The molecule has 0 aromatic heterocycles. The summed E-state index contributed by atoms with van der Waals surface area (Å²) in [6, 6.07) is 0. The summed E-state index contributed by atoms with van der Waals surface area (Å²) in [6.07, 6.45) is 5.46. The Labute approximate surface area is 96.6 Å². The second-order valence-electron chi connectivity index (χ2n) is 3.63. The first-order valence-electron chi connectivity index (χ1n) is 5.88. The highest BCUT2D eigenvalue weighted by Gasteiger charge is 2.25. The van der Waals surface area contributed by atoms with E-state index in [0.717, 1.165) is 12.8 Å². The third kappa shape index (κ3) is 4.33. The fourth-order valence-electron chi connectivity index (χ4n) is 1.40. The molecule has 1 aliphatic rings. The van der Waals surface area contributed by atoms with Gasteiger partial charge in [0, 0.05) is 6.42 Å². The Morgan fingerprint density at radius 3 is 3.00 bits per heavy atom. The highest BCUT2D eigenvalue weighted by Crippen LogP contribution is 2.15. The van der Waals surface area contributed by atoms with Gasteiger partial charge >= 0.3 is 5.97 Å². The molecule has 0 radical (unpaired) electrons. The van der Waals surface area contributed by atoms with Crippen LogP contribution in [0.1, 0.15) is 33.1 Å². The Kier molecular flexibility index (Phi) is 6.11. The molecule has 0 saturated heterocycles. The van der Waals surface area contributed by atoms with Crippen molar-refractivity contribution in [3.8, 4) is 0 Å². The molecule has 1 rings (SSSR count). The molecule has 0 aromatic carbocycles. The average molecular weight is 228 g/mol. The normalized spacial score (nSPS) is 24.4. The molecule has 0 saturated carbocycles. The lowest BCUT2D eigenvalue weighted by molar-refractivity contribution is -0.183. The second-order valence-corrected chi connectivity index (χ2v) is 3.63. The van der Waals surface area contributed by atoms with Gasteiger partial charge in [-0.2, -0.15) is 0 Å². The van der Waals surface area contributed by atoms with E-state index in [1.807, 2.05) is 12.2 Å². The highest BCUT2D eigenvalue weighted by atomic mass is 16.7. The average Bonchev–Trinajstić information content (AvgIpc) is 2.30. The predicted molar refractivity (Wildman–Crippen MR) is 59.9 cm³/mol. The Hall–Kier alpha value is -0.870.